The summed E-state index contributed by atoms with van der Waals surface area (Å²) >= 11 is 0. The van der Waals surface area contributed by atoms with Gasteiger partial charge in [0, 0.05) is 6.92 Å². The summed E-state index contributed by atoms with van der Waals surface area (Å²) < 4.78 is 5.51. The number of hydrogen-bond acceptors (Lipinski definition) is 5. The molecule has 3 saturated carbocycles. The van der Waals surface area contributed by atoms with Gasteiger partial charge in [-0.25, -0.2) is 0 Å². The van der Waals surface area contributed by atoms with E-state index in [2.05, 4.69) is 34.6 Å². The monoisotopic (exact) mass is 489 g/mol. The van der Waals surface area contributed by atoms with Gasteiger partial charge in [-0.2, -0.15) is 0 Å². The molecular weight excluding hydrogens is 442 g/mol. The van der Waals surface area contributed by atoms with Crippen molar-refractivity contribution >= 4 is 5.97 Å². The number of nitrogens with zero attached hydrogens (tertiary/aromatic N) is 1. The van der Waals surface area contributed by atoms with Crippen LogP contribution < -0.4 is 0 Å². The maximum atomic E-state index is 11.6. The first-order valence-corrected chi connectivity index (χ1v) is 14.2. The Morgan fingerprint density at radius 1 is 1.11 bits per heavy atom. The molecule has 1 unspecified atom stereocenters. The molecule has 0 saturated heterocycles. The Balaban J connectivity index is 1.58. The molecule has 0 bridgehead atoms. The van der Waals surface area contributed by atoms with E-state index in [0.29, 0.717) is 29.6 Å². The Hall–Kier alpha value is -1.59. The standard InChI is InChI=1S/C29H47NO5/c1-18(2)8-7-9-19(3)23-10-11-24-22-17-27(35-30(32)33)26-16-21(34-20(4)31)12-14-29(26,6)25(22)13-15-28(23,24)5/h16,18-19,21-25,27H,7-15,17H2,1-6H3/t19-,21+,22+,23-,24+,25+,27?,28-,29-/m1/s1. The summed E-state index contributed by atoms with van der Waals surface area (Å²) in [4.78, 5) is 28.5. The summed E-state index contributed by atoms with van der Waals surface area (Å²) in [6, 6.07) is 0. The van der Waals surface area contributed by atoms with E-state index in [-0.39, 0.29) is 17.5 Å². The fourth-order valence-corrected chi connectivity index (χ4v) is 9.25. The van der Waals surface area contributed by atoms with Crippen LogP contribution in [0.25, 0.3) is 0 Å². The summed E-state index contributed by atoms with van der Waals surface area (Å²) in [7, 11) is 0. The molecule has 3 fully saturated rings. The number of carbonyl (C=O) groups excluding carboxylic acids is 1. The maximum absolute atomic E-state index is 11.6. The fourth-order valence-electron chi connectivity index (χ4n) is 9.25. The van der Waals surface area contributed by atoms with Crippen molar-refractivity contribution in [2.24, 2.45) is 46.3 Å². The Morgan fingerprint density at radius 2 is 1.86 bits per heavy atom. The van der Waals surface area contributed by atoms with Crippen molar-refractivity contribution in [1.82, 2.24) is 0 Å². The molecule has 0 spiro atoms. The number of rotatable bonds is 8. The van der Waals surface area contributed by atoms with Crippen LogP contribution in [0.4, 0.5) is 0 Å². The molecule has 4 rings (SSSR count). The molecular formula is C29H47NO5. The van der Waals surface area contributed by atoms with Crippen LogP contribution in [0.5, 0.6) is 0 Å². The average molecular weight is 490 g/mol. The van der Waals surface area contributed by atoms with E-state index in [1.165, 1.54) is 51.9 Å². The first-order chi connectivity index (χ1) is 16.5. The smallest absolute Gasteiger partial charge is 0.303 e. The molecule has 6 nitrogen and oxygen atoms in total. The van der Waals surface area contributed by atoms with Gasteiger partial charge >= 0.3 is 5.97 Å². The molecule has 0 heterocycles. The lowest BCUT2D eigenvalue weighted by molar-refractivity contribution is -0.767. The van der Waals surface area contributed by atoms with E-state index in [4.69, 9.17) is 9.57 Å². The van der Waals surface area contributed by atoms with Gasteiger partial charge < -0.3 is 9.57 Å². The highest BCUT2D eigenvalue weighted by atomic mass is 17.0. The summed E-state index contributed by atoms with van der Waals surface area (Å²) in [6.45, 7) is 13.4. The Labute approximate surface area is 211 Å². The number of fused-ring (bicyclic) bond motifs is 5. The molecule has 4 aliphatic rings. The zero-order valence-corrected chi connectivity index (χ0v) is 22.8. The van der Waals surface area contributed by atoms with E-state index in [1.807, 2.05) is 6.08 Å². The van der Waals surface area contributed by atoms with Crippen LogP contribution in [0.1, 0.15) is 106 Å². The van der Waals surface area contributed by atoms with Gasteiger partial charge in [0.2, 0.25) is 0 Å². The summed E-state index contributed by atoms with van der Waals surface area (Å²) in [6.07, 6.45) is 12.5. The minimum atomic E-state index is -0.613. The minimum absolute atomic E-state index is 0.122. The second-order valence-corrected chi connectivity index (χ2v) is 13.2. The van der Waals surface area contributed by atoms with E-state index in [1.54, 1.807) is 0 Å². The topological polar surface area (TPSA) is 78.7 Å². The van der Waals surface area contributed by atoms with Crippen molar-refractivity contribution < 1.29 is 19.5 Å². The van der Waals surface area contributed by atoms with Crippen LogP contribution in [-0.2, 0) is 14.4 Å². The largest absolute Gasteiger partial charge is 0.458 e. The van der Waals surface area contributed by atoms with Crippen molar-refractivity contribution in [2.45, 2.75) is 118 Å². The quantitative estimate of drug-likeness (QED) is 0.157. The molecule has 4 aliphatic carbocycles. The van der Waals surface area contributed by atoms with Gasteiger partial charge in [0.05, 0.1) is 0 Å². The zero-order chi connectivity index (χ0) is 25.5. The third kappa shape index (κ3) is 5.00. The summed E-state index contributed by atoms with van der Waals surface area (Å²) in [5, 5.41) is 10.9. The van der Waals surface area contributed by atoms with Gasteiger partial charge in [-0.15, -0.1) is 10.1 Å². The van der Waals surface area contributed by atoms with Crippen molar-refractivity contribution in [1.29, 1.82) is 0 Å². The highest BCUT2D eigenvalue weighted by Crippen LogP contribution is 2.68. The second kappa shape index (κ2) is 10.0. The molecule has 0 aromatic rings. The molecule has 0 aromatic carbocycles. The van der Waals surface area contributed by atoms with Crippen LogP contribution in [0.15, 0.2) is 11.6 Å². The van der Waals surface area contributed by atoms with E-state index >= 15 is 0 Å². The first-order valence-electron chi connectivity index (χ1n) is 14.2. The van der Waals surface area contributed by atoms with Gasteiger partial charge in [-0.1, -0.05) is 53.9 Å². The molecule has 0 aromatic heterocycles. The van der Waals surface area contributed by atoms with Crippen LogP contribution in [0.2, 0.25) is 0 Å². The third-order valence-electron chi connectivity index (χ3n) is 10.8. The average Bonchev–Trinajstić information content (AvgIpc) is 3.11. The lowest BCUT2D eigenvalue weighted by Crippen LogP contribution is -2.55. The molecule has 0 radical (unpaired) electrons. The second-order valence-electron chi connectivity index (χ2n) is 13.2. The van der Waals surface area contributed by atoms with Crippen LogP contribution in [0.3, 0.4) is 0 Å². The van der Waals surface area contributed by atoms with Crippen LogP contribution in [-0.4, -0.2) is 23.3 Å². The van der Waals surface area contributed by atoms with Crippen molar-refractivity contribution in [2.75, 3.05) is 0 Å². The van der Waals surface area contributed by atoms with E-state index < -0.39 is 11.2 Å². The lowest BCUT2D eigenvalue weighted by atomic mass is 9.46. The molecule has 0 aliphatic heterocycles. The summed E-state index contributed by atoms with van der Waals surface area (Å²) in [5.74, 6) is 3.54. The molecule has 35 heavy (non-hydrogen) atoms. The van der Waals surface area contributed by atoms with Crippen molar-refractivity contribution in [3.8, 4) is 0 Å². The van der Waals surface area contributed by atoms with Crippen LogP contribution in [0, 0.1) is 56.5 Å². The normalized spacial score (nSPS) is 41.3. The highest BCUT2D eigenvalue weighted by Gasteiger charge is 2.61. The molecule has 0 N–H and O–H groups in total. The third-order valence-corrected chi connectivity index (χ3v) is 10.8. The highest BCUT2D eigenvalue weighted by molar-refractivity contribution is 5.66. The van der Waals surface area contributed by atoms with Gasteiger partial charge in [0.1, 0.15) is 12.2 Å². The fraction of sp³-hybridized carbons (Fsp3) is 0.897. The minimum Gasteiger partial charge on any atom is -0.458 e. The number of esters is 1. The lowest BCUT2D eigenvalue weighted by Gasteiger charge is -2.60. The predicted molar refractivity (Wildman–Crippen MR) is 136 cm³/mol. The van der Waals surface area contributed by atoms with E-state index in [0.717, 1.165) is 36.2 Å². The van der Waals surface area contributed by atoms with Crippen molar-refractivity contribution in [3.63, 3.8) is 0 Å². The zero-order valence-electron chi connectivity index (χ0n) is 22.8. The SMILES string of the molecule is CC(=O)O[C@@H]1C=C2C(O[N+](=O)[O-])C[C@H]3[C@@H]4CC[C@H]([C@H](C)CCCC(C)C)[C@@]4(C)CC[C@@H]3[C@@]2(C)CC1. The number of hydrogen-bond donors (Lipinski definition) is 0. The van der Waals surface area contributed by atoms with Gasteiger partial charge in [0.25, 0.3) is 5.09 Å². The Morgan fingerprint density at radius 3 is 2.51 bits per heavy atom. The molecule has 9 atom stereocenters. The molecule has 6 heteroatoms. The van der Waals surface area contributed by atoms with E-state index in [9.17, 15) is 14.9 Å². The summed E-state index contributed by atoms with van der Waals surface area (Å²) in [5.41, 5.74) is 1.21. The maximum Gasteiger partial charge on any atom is 0.303 e. The van der Waals surface area contributed by atoms with Gasteiger partial charge in [-0.05, 0) is 103 Å². The predicted octanol–water partition coefficient (Wildman–Crippen LogP) is 7.15. The first kappa shape index (κ1) is 26.5. The van der Waals surface area contributed by atoms with Crippen LogP contribution >= 0.6 is 0 Å². The van der Waals surface area contributed by atoms with Crippen molar-refractivity contribution in [3.05, 3.63) is 21.8 Å². The van der Waals surface area contributed by atoms with Gasteiger partial charge in [-0.3, -0.25) is 4.79 Å². The Kier molecular flexibility index (Phi) is 7.60. The Bertz CT molecular complexity index is 839. The molecule has 0 amide bonds. The number of ether oxygens (including phenoxy) is 1. The molecule has 198 valence electrons. The van der Waals surface area contributed by atoms with Gasteiger partial charge in [0.15, 0.2) is 0 Å². The number of carbonyl (C=O) groups is 1.